The van der Waals surface area contributed by atoms with Gasteiger partial charge in [0.05, 0.1) is 4.92 Å². The van der Waals surface area contributed by atoms with E-state index in [0.717, 1.165) is 10.9 Å². The molecule has 2 aromatic heterocycles. The molecule has 190 valence electrons. The Kier molecular flexibility index (Phi) is 6.57. The van der Waals surface area contributed by atoms with Gasteiger partial charge in [-0.05, 0) is 52.0 Å². The molecular weight excluding hydrogens is 466 g/mol. The highest BCUT2D eigenvalue weighted by atomic mass is 16.6. The van der Waals surface area contributed by atoms with Crippen molar-refractivity contribution in [3.63, 3.8) is 0 Å². The second-order valence-electron chi connectivity index (χ2n) is 9.74. The van der Waals surface area contributed by atoms with Gasteiger partial charge >= 0.3 is 6.09 Å². The van der Waals surface area contributed by atoms with Crippen molar-refractivity contribution in [2.75, 3.05) is 26.2 Å². The molecule has 1 fully saturated rings. The van der Waals surface area contributed by atoms with Gasteiger partial charge in [-0.3, -0.25) is 14.9 Å². The monoisotopic (exact) mass is 495 g/mol. The number of nitrogens with zero attached hydrogens (tertiary/aromatic N) is 5. The molecule has 0 spiro atoms. The van der Waals surface area contributed by atoms with Gasteiger partial charge in [0.15, 0.2) is 0 Å². The third-order valence-corrected chi connectivity index (χ3v) is 5.93. The highest BCUT2D eigenvalue weighted by molar-refractivity contribution is 5.99. The lowest BCUT2D eigenvalue weighted by Gasteiger charge is -2.35. The first kappa shape index (κ1) is 25.0. The van der Waals surface area contributed by atoms with Crippen LogP contribution in [0.15, 0.2) is 36.5 Å². The Morgan fingerprint density at radius 2 is 1.72 bits per heavy atom. The third-order valence-electron chi connectivity index (χ3n) is 5.93. The Bertz CT molecular complexity index is 1330. The Morgan fingerprint density at radius 1 is 1.06 bits per heavy atom. The number of amides is 2. The SMILES string of the molecule is Cc1cc(Oc2ccc3c(c2)cc(C(=O)N2CCN(C(=O)OC(C)(C)C)CC2)n3C)ncc1[N+](=O)[O-]. The van der Waals surface area contributed by atoms with E-state index in [1.807, 2.05) is 38.5 Å². The number of aromatic nitrogens is 2. The summed E-state index contributed by atoms with van der Waals surface area (Å²) in [6, 6.07) is 8.72. The Labute approximate surface area is 208 Å². The first-order chi connectivity index (χ1) is 16.9. The maximum atomic E-state index is 13.3. The van der Waals surface area contributed by atoms with Crippen LogP contribution in [0.3, 0.4) is 0 Å². The number of pyridine rings is 1. The molecule has 1 aliphatic heterocycles. The number of hydrogen-bond donors (Lipinski definition) is 0. The molecule has 0 saturated carbocycles. The number of carbonyl (C=O) groups is 2. The number of rotatable bonds is 4. The first-order valence-corrected chi connectivity index (χ1v) is 11.6. The molecule has 1 aliphatic rings. The van der Waals surface area contributed by atoms with Crippen molar-refractivity contribution in [2.24, 2.45) is 7.05 Å². The zero-order valence-electron chi connectivity index (χ0n) is 21.0. The molecule has 0 bridgehead atoms. The minimum atomic E-state index is -0.566. The van der Waals surface area contributed by atoms with Crippen molar-refractivity contribution in [1.82, 2.24) is 19.4 Å². The quantitative estimate of drug-likeness (QED) is 0.391. The molecule has 3 aromatic rings. The predicted molar refractivity (Wildman–Crippen MR) is 132 cm³/mol. The van der Waals surface area contributed by atoms with Crippen LogP contribution in [-0.4, -0.2) is 68.1 Å². The second-order valence-corrected chi connectivity index (χ2v) is 9.74. The molecule has 1 saturated heterocycles. The number of aryl methyl sites for hydroxylation is 2. The Hall–Kier alpha value is -4.15. The number of piperazine rings is 1. The number of hydrogen-bond acceptors (Lipinski definition) is 7. The van der Waals surface area contributed by atoms with Crippen LogP contribution in [0.1, 0.15) is 36.8 Å². The summed E-state index contributed by atoms with van der Waals surface area (Å²) >= 11 is 0. The van der Waals surface area contributed by atoms with Crippen molar-refractivity contribution in [2.45, 2.75) is 33.3 Å². The van der Waals surface area contributed by atoms with Crippen LogP contribution < -0.4 is 4.74 Å². The lowest BCUT2D eigenvalue weighted by atomic mass is 10.2. The topological polar surface area (TPSA) is 120 Å². The van der Waals surface area contributed by atoms with E-state index in [4.69, 9.17) is 9.47 Å². The van der Waals surface area contributed by atoms with Gasteiger partial charge < -0.3 is 23.8 Å². The predicted octanol–water partition coefficient (Wildman–Crippen LogP) is 4.28. The van der Waals surface area contributed by atoms with E-state index >= 15 is 0 Å². The van der Waals surface area contributed by atoms with Crippen LogP contribution in [0.2, 0.25) is 0 Å². The normalized spacial score (nSPS) is 14.1. The summed E-state index contributed by atoms with van der Waals surface area (Å²) in [7, 11) is 1.83. The molecule has 0 N–H and O–H groups in total. The van der Waals surface area contributed by atoms with Gasteiger partial charge in [-0.15, -0.1) is 0 Å². The fourth-order valence-electron chi connectivity index (χ4n) is 4.07. The molecule has 0 atom stereocenters. The van der Waals surface area contributed by atoms with Crippen LogP contribution >= 0.6 is 0 Å². The lowest BCUT2D eigenvalue weighted by molar-refractivity contribution is -0.385. The maximum absolute atomic E-state index is 13.3. The van der Waals surface area contributed by atoms with E-state index in [2.05, 4.69) is 4.98 Å². The summed E-state index contributed by atoms with van der Waals surface area (Å²) in [4.78, 5) is 43.5. The van der Waals surface area contributed by atoms with Crippen LogP contribution in [0.25, 0.3) is 10.9 Å². The number of benzene rings is 1. The van der Waals surface area contributed by atoms with E-state index in [-0.39, 0.29) is 23.6 Å². The highest BCUT2D eigenvalue weighted by Gasteiger charge is 2.29. The standard InChI is InChI=1S/C25H29N5O6/c1-16-12-22(26-15-21(16)30(33)34)35-18-6-7-19-17(13-18)14-20(27(19)5)23(31)28-8-10-29(11-9-28)24(32)36-25(2,3)4/h6-7,12-15H,8-11H2,1-5H3. The molecule has 36 heavy (non-hydrogen) atoms. The zero-order chi connectivity index (χ0) is 26.2. The van der Waals surface area contributed by atoms with E-state index in [1.165, 1.54) is 12.3 Å². The van der Waals surface area contributed by atoms with Gasteiger partial charge in [0, 0.05) is 55.8 Å². The van der Waals surface area contributed by atoms with Crippen molar-refractivity contribution >= 4 is 28.6 Å². The fourth-order valence-corrected chi connectivity index (χ4v) is 4.07. The average Bonchev–Trinajstić information content (AvgIpc) is 3.13. The summed E-state index contributed by atoms with van der Waals surface area (Å²) in [5.41, 5.74) is 1.19. The number of nitro groups is 1. The molecular formula is C25H29N5O6. The summed E-state index contributed by atoms with van der Waals surface area (Å²) in [5, 5.41) is 11.8. The number of ether oxygens (including phenoxy) is 2. The first-order valence-electron chi connectivity index (χ1n) is 11.6. The van der Waals surface area contributed by atoms with Crippen LogP contribution in [0, 0.1) is 17.0 Å². The van der Waals surface area contributed by atoms with Crippen molar-refractivity contribution < 1.29 is 24.0 Å². The molecule has 2 amide bonds. The minimum absolute atomic E-state index is 0.0732. The van der Waals surface area contributed by atoms with Gasteiger partial charge in [0.2, 0.25) is 5.88 Å². The Morgan fingerprint density at radius 3 is 2.33 bits per heavy atom. The van der Waals surface area contributed by atoms with Crippen LogP contribution in [0.5, 0.6) is 11.6 Å². The molecule has 4 rings (SSSR count). The Balaban J connectivity index is 1.47. The van der Waals surface area contributed by atoms with E-state index in [1.54, 1.807) is 34.9 Å². The largest absolute Gasteiger partial charge is 0.444 e. The van der Waals surface area contributed by atoms with Crippen LogP contribution in [-0.2, 0) is 11.8 Å². The summed E-state index contributed by atoms with van der Waals surface area (Å²) in [6.45, 7) is 8.74. The average molecular weight is 496 g/mol. The van der Waals surface area contributed by atoms with Crippen LogP contribution in [0.4, 0.5) is 10.5 Å². The molecule has 3 heterocycles. The van der Waals surface area contributed by atoms with E-state index in [0.29, 0.717) is 43.2 Å². The van der Waals surface area contributed by atoms with E-state index in [9.17, 15) is 19.7 Å². The van der Waals surface area contributed by atoms with Gasteiger partial charge in [-0.2, -0.15) is 0 Å². The zero-order valence-corrected chi connectivity index (χ0v) is 21.0. The molecule has 11 nitrogen and oxygen atoms in total. The molecule has 0 unspecified atom stereocenters. The summed E-state index contributed by atoms with van der Waals surface area (Å²) in [6.07, 6.45) is 0.801. The van der Waals surface area contributed by atoms with Crippen molar-refractivity contribution in [3.05, 3.63) is 57.9 Å². The van der Waals surface area contributed by atoms with E-state index < -0.39 is 10.5 Å². The summed E-state index contributed by atoms with van der Waals surface area (Å²) in [5.74, 6) is 0.624. The second kappa shape index (κ2) is 9.48. The van der Waals surface area contributed by atoms with Gasteiger partial charge in [0.1, 0.15) is 23.2 Å². The van der Waals surface area contributed by atoms with Crippen molar-refractivity contribution in [1.29, 1.82) is 0 Å². The maximum Gasteiger partial charge on any atom is 0.410 e. The number of carbonyl (C=O) groups excluding carboxylic acids is 2. The fraction of sp³-hybridized carbons (Fsp3) is 0.400. The molecule has 1 aromatic carbocycles. The smallest absolute Gasteiger partial charge is 0.410 e. The van der Waals surface area contributed by atoms with Crippen molar-refractivity contribution in [3.8, 4) is 11.6 Å². The summed E-state index contributed by atoms with van der Waals surface area (Å²) < 4.78 is 13.1. The third kappa shape index (κ3) is 5.24. The molecule has 0 radical (unpaired) electrons. The highest BCUT2D eigenvalue weighted by Crippen LogP contribution is 2.29. The molecule has 0 aliphatic carbocycles. The minimum Gasteiger partial charge on any atom is -0.444 e. The lowest BCUT2D eigenvalue weighted by Crippen LogP contribution is -2.51. The number of fused-ring (bicyclic) bond motifs is 1. The van der Waals surface area contributed by atoms with Gasteiger partial charge in [-0.1, -0.05) is 0 Å². The van der Waals surface area contributed by atoms with Gasteiger partial charge in [-0.25, -0.2) is 9.78 Å². The van der Waals surface area contributed by atoms with Gasteiger partial charge in [0.25, 0.3) is 11.6 Å². The molecule has 11 heteroatoms.